The lowest BCUT2D eigenvalue weighted by molar-refractivity contribution is -0.133. The number of amides is 1. The number of carbonyl (C=O) groups is 1. The molecule has 0 bridgehead atoms. The van der Waals surface area contributed by atoms with E-state index in [-0.39, 0.29) is 11.9 Å². The fourth-order valence-electron chi connectivity index (χ4n) is 3.37. The molecule has 5 heteroatoms. The van der Waals surface area contributed by atoms with Crippen LogP contribution in [0, 0.1) is 6.92 Å². The summed E-state index contributed by atoms with van der Waals surface area (Å²) in [5, 5.41) is 4.75. The van der Waals surface area contributed by atoms with Crippen LogP contribution < -0.4 is 4.74 Å². The van der Waals surface area contributed by atoms with Crippen molar-refractivity contribution in [1.82, 2.24) is 14.7 Å². The number of hydrogen-bond donors (Lipinski definition) is 0. The largest absolute Gasteiger partial charge is 0.439 e. The van der Waals surface area contributed by atoms with E-state index in [9.17, 15) is 4.79 Å². The van der Waals surface area contributed by atoms with Crippen LogP contribution in [-0.2, 0) is 18.4 Å². The molecular weight excluding hydrogens is 362 g/mol. The van der Waals surface area contributed by atoms with Gasteiger partial charge < -0.3 is 9.64 Å². The summed E-state index contributed by atoms with van der Waals surface area (Å²) in [7, 11) is 1.88. The fourth-order valence-corrected chi connectivity index (χ4v) is 3.37. The topological polar surface area (TPSA) is 47.4 Å². The van der Waals surface area contributed by atoms with Gasteiger partial charge >= 0.3 is 0 Å². The highest BCUT2D eigenvalue weighted by Gasteiger charge is 2.25. The number of ether oxygens (including phenoxy) is 1. The quantitative estimate of drug-likeness (QED) is 0.546. The number of carbonyl (C=O) groups excluding carboxylic acids is 1. The first-order chi connectivity index (χ1) is 13.9. The lowest BCUT2D eigenvalue weighted by atomic mass is 10.1. The third-order valence-electron chi connectivity index (χ3n) is 4.91. The maximum absolute atomic E-state index is 12.6. The Bertz CT molecular complexity index is 977. The van der Waals surface area contributed by atoms with Crippen molar-refractivity contribution in [1.29, 1.82) is 0 Å². The highest BCUT2D eigenvalue weighted by molar-refractivity contribution is 5.77. The van der Waals surface area contributed by atoms with Gasteiger partial charge in [0.15, 0.2) is 0 Å². The Morgan fingerprint density at radius 3 is 2.48 bits per heavy atom. The summed E-state index contributed by atoms with van der Waals surface area (Å²) >= 11 is 0. The van der Waals surface area contributed by atoms with E-state index in [1.54, 1.807) is 4.68 Å². The molecule has 0 aliphatic carbocycles. The van der Waals surface area contributed by atoms with Crippen molar-refractivity contribution in [2.75, 3.05) is 0 Å². The summed E-state index contributed by atoms with van der Waals surface area (Å²) in [5.74, 6) is 1.53. The Morgan fingerprint density at radius 1 is 1.14 bits per heavy atom. The molecule has 2 aromatic carbocycles. The minimum absolute atomic E-state index is 0.0816. The van der Waals surface area contributed by atoms with Crippen molar-refractivity contribution in [2.45, 2.75) is 46.7 Å². The molecule has 1 aromatic heterocycles. The average Bonchev–Trinajstić information content (AvgIpc) is 3.01. The third-order valence-corrected chi connectivity index (χ3v) is 4.91. The number of nitrogens with zero attached hydrogens (tertiary/aromatic N) is 3. The third kappa shape index (κ3) is 4.67. The highest BCUT2D eigenvalue weighted by atomic mass is 16.5. The lowest BCUT2D eigenvalue weighted by Crippen LogP contribution is -2.36. The maximum Gasteiger partial charge on any atom is 0.223 e. The molecule has 0 aliphatic heterocycles. The number of rotatable bonds is 7. The van der Waals surface area contributed by atoms with E-state index >= 15 is 0 Å². The van der Waals surface area contributed by atoms with E-state index in [1.807, 2.05) is 94.2 Å². The van der Waals surface area contributed by atoms with Crippen molar-refractivity contribution < 1.29 is 9.53 Å². The van der Waals surface area contributed by atoms with E-state index in [4.69, 9.17) is 9.84 Å². The van der Waals surface area contributed by atoms with Crippen molar-refractivity contribution in [3.63, 3.8) is 0 Å². The molecule has 0 saturated carbocycles. The van der Waals surface area contributed by atoms with Gasteiger partial charge in [-0.2, -0.15) is 5.10 Å². The molecule has 3 rings (SSSR count). The Kier molecular flexibility index (Phi) is 6.37. The minimum atomic E-state index is 0.0816. The summed E-state index contributed by atoms with van der Waals surface area (Å²) in [4.78, 5) is 14.5. The smallest absolute Gasteiger partial charge is 0.223 e. The first-order valence-electron chi connectivity index (χ1n) is 10.1. The van der Waals surface area contributed by atoms with E-state index < -0.39 is 0 Å². The summed E-state index contributed by atoms with van der Waals surface area (Å²) in [6.07, 6.45) is 0.465. The van der Waals surface area contributed by atoms with Crippen LogP contribution in [0.3, 0.4) is 0 Å². The number of hydrogen-bond acceptors (Lipinski definition) is 3. The maximum atomic E-state index is 12.6. The molecule has 0 fully saturated rings. The van der Waals surface area contributed by atoms with E-state index in [0.29, 0.717) is 18.8 Å². The Labute approximate surface area is 172 Å². The molecule has 1 amide bonds. The van der Waals surface area contributed by atoms with Gasteiger partial charge in [0.1, 0.15) is 11.4 Å². The van der Waals surface area contributed by atoms with Crippen molar-refractivity contribution >= 4 is 5.91 Å². The van der Waals surface area contributed by atoms with Gasteiger partial charge in [-0.15, -0.1) is 0 Å². The number of aryl methyl sites for hydroxylation is 2. The first-order valence-corrected chi connectivity index (χ1v) is 10.1. The van der Waals surface area contributed by atoms with Gasteiger partial charge in [-0.1, -0.05) is 49.4 Å². The molecule has 29 heavy (non-hydrogen) atoms. The van der Waals surface area contributed by atoms with Crippen LogP contribution in [0.15, 0.2) is 54.6 Å². The van der Waals surface area contributed by atoms with E-state index in [0.717, 1.165) is 28.1 Å². The molecule has 5 nitrogen and oxygen atoms in total. The summed E-state index contributed by atoms with van der Waals surface area (Å²) in [6.45, 7) is 8.44. The van der Waals surface area contributed by atoms with Crippen LogP contribution in [0.5, 0.6) is 11.6 Å². The van der Waals surface area contributed by atoms with Crippen LogP contribution in [0.2, 0.25) is 0 Å². The van der Waals surface area contributed by atoms with Gasteiger partial charge in [-0.05, 0) is 38.5 Å². The molecule has 3 aromatic rings. The second kappa shape index (κ2) is 8.95. The Balaban J connectivity index is 2.09. The Morgan fingerprint density at radius 2 is 1.86 bits per heavy atom. The van der Waals surface area contributed by atoms with Crippen molar-refractivity contribution in [2.24, 2.45) is 7.05 Å². The molecule has 0 aliphatic rings. The van der Waals surface area contributed by atoms with Crippen LogP contribution >= 0.6 is 0 Å². The van der Waals surface area contributed by atoms with Gasteiger partial charge in [0.05, 0.1) is 12.1 Å². The molecule has 152 valence electrons. The second-order valence-corrected chi connectivity index (χ2v) is 7.51. The average molecular weight is 392 g/mol. The molecule has 0 atom stereocenters. The molecule has 0 N–H and O–H groups in total. The zero-order chi connectivity index (χ0) is 21.0. The van der Waals surface area contributed by atoms with Crippen LogP contribution in [0.25, 0.3) is 11.3 Å². The first kappa shape index (κ1) is 20.6. The molecular formula is C24H29N3O2. The standard InChI is InChI=1S/C24H29N3O2/c1-6-22(28)27(17(2)3)16-21-23(19-12-8-7-9-13-19)25-26(5)24(21)29-20-14-10-11-18(4)15-20/h7-15,17H,6,16H2,1-5H3. The van der Waals surface area contributed by atoms with Crippen LogP contribution in [-0.4, -0.2) is 26.6 Å². The summed E-state index contributed by atoms with van der Waals surface area (Å²) < 4.78 is 8.04. The van der Waals surface area contributed by atoms with Crippen LogP contribution in [0.1, 0.15) is 38.3 Å². The van der Waals surface area contributed by atoms with Crippen molar-refractivity contribution in [3.05, 3.63) is 65.7 Å². The van der Waals surface area contributed by atoms with Gasteiger partial charge in [0.25, 0.3) is 0 Å². The second-order valence-electron chi connectivity index (χ2n) is 7.51. The van der Waals surface area contributed by atoms with Gasteiger partial charge in [-0.3, -0.25) is 4.79 Å². The predicted octanol–water partition coefficient (Wildman–Crippen LogP) is 5.33. The number of aromatic nitrogens is 2. The molecule has 0 saturated heterocycles. The zero-order valence-electron chi connectivity index (χ0n) is 17.8. The van der Waals surface area contributed by atoms with Gasteiger partial charge in [0.2, 0.25) is 11.8 Å². The zero-order valence-corrected chi connectivity index (χ0v) is 17.8. The summed E-state index contributed by atoms with van der Waals surface area (Å²) in [6, 6.07) is 18.0. The monoisotopic (exact) mass is 391 g/mol. The highest BCUT2D eigenvalue weighted by Crippen LogP contribution is 2.34. The lowest BCUT2D eigenvalue weighted by Gasteiger charge is -2.27. The van der Waals surface area contributed by atoms with Gasteiger partial charge in [-0.25, -0.2) is 4.68 Å². The minimum Gasteiger partial charge on any atom is -0.439 e. The van der Waals surface area contributed by atoms with Crippen LogP contribution in [0.4, 0.5) is 0 Å². The Hall–Kier alpha value is -3.08. The van der Waals surface area contributed by atoms with Gasteiger partial charge in [0, 0.05) is 25.1 Å². The molecule has 1 heterocycles. The normalized spacial score (nSPS) is 11.0. The summed E-state index contributed by atoms with van der Waals surface area (Å²) in [5.41, 5.74) is 3.88. The van der Waals surface area contributed by atoms with E-state index in [1.165, 1.54) is 0 Å². The fraction of sp³-hybridized carbons (Fsp3) is 0.333. The molecule has 0 radical (unpaired) electrons. The van der Waals surface area contributed by atoms with E-state index in [2.05, 4.69) is 0 Å². The number of benzene rings is 2. The van der Waals surface area contributed by atoms with Crippen molar-refractivity contribution in [3.8, 4) is 22.9 Å². The molecule has 0 unspecified atom stereocenters. The SMILES string of the molecule is CCC(=O)N(Cc1c(-c2ccccc2)nn(C)c1Oc1cccc(C)c1)C(C)C. The predicted molar refractivity (Wildman–Crippen MR) is 116 cm³/mol. The molecule has 0 spiro atoms.